The molecule has 0 aromatic heterocycles. The van der Waals surface area contributed by atoms with E-state index in [1.165, 1.54) is 18.7 Å². The number of fused-ring (bicyclic) bond motifs is 2. The van der Waals surface area contributed by atoms with Crippen LogP contribution in [0.3, 0.4) is 0 Å². The zero-order valence-corrected chi connectivity index (χ0v) is 29.6. The van der Waals surface area contributed by atoms with Crippen molar-refractivity contribution >= 4 is 57.1 Å². The van der Waals surface area contributed by atoms with Gasteiger partial charge < -0.3 is 30.9 Å². The second-order valence-corrected chi connectivity index (χ2v) is 12.7. The quantitative estimate of drug-likeness (QED) is 0.128. The fourth-order valence-corrected chi connectivity index (χ4v) is 5.89. The van der Waals surface area contributed by atoms with Crippen LogP contribution < -0.4 is 21.8 Å². The van der Waals surface area contributed by atoms with Gasteiger partial charge in [0.2, 0.25) is 17.7 Å². The Morgan fingerprint density at radius 2 is 1.23 bits per heavy atom. The van der Waals surface area contributed by atoms with Gasteiger partial charge in [-0.1, -0.05) is 84.9 Å². The molecule has 0 unspecified atom stereocenters. The van der Waals surface area contributed by atoms with Crippen molar-refractivity contribution in [1.82, 2.24) is 30.9 Å². The fraction of sp³-hybridized carbons (Fsp3) is 0.282. The minimum atomic E-state index is -1.18. The van der Waals surface area contributed by atoms with Gasteiger partial charge in [0.15, 0.2) is 0 Å². The van der Waals surface area contributed by atoms with Crippen molar-refractivity contribution in [3.63, 3.8) is 0 Å². The minimum absolute atomic E-state index is 0.228. The highest BCUT2D eigenvalue weighted by Crippen LogP contribution is 2.24. The molecule has 0 bridgehead atoms. The number of benzene rings is 4. The van der Waals surface area contributed by atoms with E-state index >= 15 is 0 Å². The van der Waals surface area contributed by atoms with E-state index < -0.39 is 54.2 Å². The maximum Gasteiger partial charge on any atom is 0.318 e. The summed E-state index contributed by atoms with van der Waals surface area (Å²) in [6.45, 7) is 4.14. The summed E-state index contributed by atoms with van der Waals surface area (Å²) in [4.78, 5) is 80.5. The molecule has 0 aliphatic carbocycles. The van der Waals surface area contributed by atoms with E-state index in [2.05, 4.69) is 16.1 Å². The van der Waals surface area contributed by atoms with Gasteiger partial charge in [-0.15, -0.1) is 0 Å². The average molecular weight is 722 g/mol. The third-order valence-corrected chi connectivity index (χ3v) is 8.77. The highest BCUT2D eigenvalue weighted by atomic mass is 16.5. The standard InChI is InChI=1S/C39H43N7O7/c1-26(42-39(52)44-19-21-53-22-20-44)37(50)41-27(2)38(51)43-46(25-34(40)47)36(49)18-17-35(48)45(23-30-13-7-11-28-9-3-5-15-32(28)30)24-31-14-8-12-29-10-4-6-16-33(29)31/h3-18,26-27H,19-25H2,1-2H3,(H2,40,47)(H,41,50)(H,42,52)(H,43,51)/b18-17+/t26-,27-/m0/s1. The molecular weight excluding hydrogens is 678 g/mol. The molecule has 0 radical (unpaired) electrons. The first-order valence-corrected chi connectivity index (χ1v) is 17.2. The van der Waals surface area contributed by atoms with Crippen LogP contribution >= 0.6 is 0 Å². The van der Waals surface area contributed by atoms with Crippen LogP contribution in [0.25, 0.3) is 21.5 Å². The van der Waals surface area contributed by atoms with Crippen LogP contribution in [0.15, 0.2) is 97.1 Å². The molecule has 0 spiro atoms. The summed E-state index contributed by atoms with van der Waals surface area (Å²) in [6.07, 6.45) is 2.04. The molecule has 2 atom stereocenters. The van der Waals surface area contributed by atoms with Crippen molar-refractivity contribution in [2.45, 2.75) is 39.0 Å². The number of carbonyl (C=O) groups excluding carboxylic acids is 6. The number of morpholine rings is 1. The van der Waals surface area contributed by atoms with Gasteiger partial charge in [-0.3, -0.25) is 29.4 Å². The van der Waals surface area contributed by atoms with Crippen LogP contribution in [0.1, 0.15) is 25.0 Å². The topological polar surface area (TPSA) is 183 Å². The number of hydrogen-bond acceptors (Lipinski definition) is 7. The zero-order valence-electron chi connectivity index (χ0n) is 29.6. The third kappa shape index (κ3) is 10.2. The predicted octanol–water partition coefficient (Wildman–Crippen LogP) is 2.36. The summed E-state index contributed by atoms with van der Waals surface area (Å²) >= 11 is 0. The molecule has 1 saturated heterocycles. The maximum absolute atomic E-state index is 13.9. The van der Waals surface area contributed by atoms with E-state index in [1.807, 2.05) is 84.9 Å². The van der Waals surface area contributed by atoms with E-state index in [4.69, 9.17) is 10.5 Å². The molecule has 14 heteroatoms. The number of hydrogen-bond donors (Lipinski definition) is 4. The van der Waals surface area contributed by atoms with Gasteiger partial charge in [0.1, 0.15) is 18.6 Å². The predicted molar refractivity (Wildman–Crippen MR) is 198 cm³/mol. The van der Waals surface area contributed by atoms with Crippen molar-refractivity contribution in [3.8, 4) is 0 Å². The molecule has 276 valence electrons. The lowest BCUT2D eigenvalue weighted by Gasteiger charge is -2.28. The summed E-state index contributed by atoms with van der Waals surface area (Å²) in [5.74, 6) is -3.80. The SMILES string of the molecule is C[C@H](NC(=O)[C@H](C)NC(=O)N1CCOCC1)C(=O)NN(CC(N)=O)C(=O)/C=C/C(=O)N(Cc1cccc2ccccc12)Cc1cccc2ccccc12. The molecule has 5 N–H and O–H groups in total. The Bertz CT molecular complexity index is 1940. The van der Waals surface area contributed by atoms with Crippen LogP contribution in [0.5, 0.6) is 0 Å². The van der Waals surface area contributed by atoms with Gasteiger partial charge in [-0.05, 0) is 46.5 Å². The molecule has 7 amide bonds. The van der Waals surface area contributed by atoms with Crippen molar-refractivity contribution in [1.29, 1.82) is 0 Å². The molecule has 5 rings (SSSR count). The van der Waals surface area contributed by atoms with Crippen molar-refractivity contribution in [2.24, 2.45) is 5.73 Å². The number of carbonyl (C=O) groups is 6. The van der Waals surface area contributed by atoms with Crippen LogP contribution in [0, 0.1) is 0 Å². The molecule has 1 fully saturated rings. The third-order valence-electron chi connectivity index (χ3n) is 8.77. The smallest absolute Gasteiger partial charge is 0.318 e. The molecule has 1 aliphatic heterocycles. The van der Waals surface area contributed by atoms with Crippen LogP contribution in [0.4, 0.5) is 4.79 Å². The van der Waals surface area contributed by atoms with Crippen LogP contribution in [-0.2, 0) is 41.8 Å². The molecule has 0 saturated carbocycles. The lowest BCUT2D eigenvalue weighted by Crippen LogP contribution is -2.57. The zero-order chi connectivity index (χ0) is 37.9. The summed E-state index contributed by atoms with van der Waals surface area (Å²) < 4.78 is 5.24. The molecule has 4 aromatic carbocycles. The van der Waals surface area contributed by atoms with Crippen LogP contribution in [-0.4, -0.2) is 95.3 Å². The number of ether oxygens (including phenoxy) is 1. The number of nitrogens with zero attached hydrogens (tertiary/aromatic N) is 3. The first-order chi connectivity index (χ1) is 25.5. The van der Waals surface area contributed by atoms with E-state index in [0.29, 0.717) is 31.3 Å². The Labute approximate surface area is 306 Å². The Hall–Kier alpha value is -6.28. The summed E-state index contributed by atoms with van der Waals surface area (Å²) in [6, 6.07) is 24.8. The normalized spacial score (nSPS) is 14.0. The molecule has 14 nitrogen and oxygen atoms in total. The van der Waals surface area contributed by atoms with Crippen LogP contribution in [0.2, 0.25) is 0 Å². The largest absolute Gasteiger partial charge is 0.378 e. The number of urea groups is 1. The Kier molecular flexibility index (Phi) is 12.7. The molecular formula is C39H43N7O7. The highest BCUT2D eigenvalue weighted by molar-refractivity contribution is 5.99. The first-order valence-electron chi connectivity index (χ1n) is 17.2. The summed E-state index contributed by atoms with van der Waals surface area (Å²) in [7, 11) is 0. The lowest BCUT2D eigenvalue weighted by molar-refractivity contribution is -0.142. The number of nitrogens with one attached hydrogen (secondary N) is 3. The van der Waals surface area contributed by atoms with E-state index in [-0.39, 0.29) is 13.1 Å². The number of hydrazine groups is 1. The first kappa shape index (κ1) is 38.0. The minimum Gasteiger partial charge on any atom is -0.378 e. The average Bonchev–Trinajstić information content (AvgIpc) is 3.16. The van der Waals surface area contributed by atoms with Gasteiger partial charge >= 0.3 is 6.03 Å². The number of amides is 7. The molecule has 4 aromatic rings. The fourth-order valence-electron chi connectivity index (χ4n) is 5.89. The van der Waals surface area contributed by atoms with E-state index in [0.717, 1.165) is 44.8 Å². The summed E-state index contributed by atoms with van der Waals surface area (Å²) in [5.41, 5.74) is 9.49. The number of primary amides is 1. The van der Waals surface area contributed by atoms with Gasteiger partial charge in [0, 0.05) is 38.3 Å². The molecule has 1 aliphatic rings. The highest BCUT2D eigenvalue weighted by Gasteiger charge is 2.26. The van der Waals surface area contributed by atoms with E-state index in [1.54, 1.807) is 4.90 Å². The number of nitrogens with two attached hydrogens (primary N) is 1. The molecule has 53 heavy (non-hydrogen) atoms. The molecule has 1 heterocycles. The Morgan fingerprint density at radius 3 is 1.79 bits per heavy atom. The van der Waals surface area contributed by atoms with Gasteiger partial charge in [-0.2, -0.15) is 0 Å². The van der Waals surface area contributed by atoms with Crippen molar-refractivity contribution in [2.75, 3.05) is 32.8 Å². The van der Waals surface area contributed by atoms with Gasteiger partial charge in [0.05, 0.1) is 13.2 Å². The second kappa shape index (κ2) is 17.8. The Morgan fingerprint density at radius 1 is 0.717 bits per heavy atom. The monoisotopic (exact) mass is 721 g/mol. The van der Waals surface area contributed by atoms with Crippen molar-refractivity contribution < 1.29 is 33.5 Å². The van der Waals surface area contributed by atoms with Gasteiger partial charge in [0.25, 0.3) is 11.8 Å². The van der Waals surface area contributed by atoms with Gasteiger partial charge in [-0.25, -0.2) is 9.80 Å². The van der Waals surface area contributed by atoms with E-state index in [9.17, 15) is 28.8 Å². The maximum atomic E-state index is 13.9. The summed E-state index contributed by atoms with van der Waals surface area (Å²) in [5, 5.41) is 9.73. The number of rotatable bonds is 12. The van der Waals surface area contributed by atoms with Crippen molar-refractivity contribution in [3.05, 3.63) is 108 Å². The lowest BCUT2D eigenvalue weighted by atomic mass is 10.0. The second-order valence-electron chi connectivity index (χ2n) is 12.7. The Balaban J connectivity index is 1.28.